The summed E-state index contributed by atoms with van der Waals surface area (Å²) in [6, 6.07) is 3.90. The van der Waals surface area contributed by atoms with Gasteiger partial charge in [-0.1, -0.05) is 0 Å². The molecular weight excluding hydrogens is 216 g/mol. The van der Waals surface area contributed by atoms with Crippen LogP contribution in [0.2, 0.25) is 0 Å². The topological polar surface area (TPSA) is 64.7 Å². The second-order valence-corrected chi connectivity index (χ2v) is 3.77. The van der Waals surface area contributed by atoms with E-state index < -0.39 is 0 Å². The van der Waals surface area contributed by atoms with E-state index in [2.05, 4.69) is 19.9 Å². The highest BCUT2D eigenvalue weighted by Gasteiger charge is 2.09. The van der Waals surface area contributed by atoms with E-state index in [-0.39, 0.29) is 0 Å². The summed E-state index contributed by atoms with van der Waals surface area (Å²) in [5.74, 6) is 0. The number of benzene rings is 1. The molecule has 0 saturated heterocycles. The van der Waals surface area contributed by atoms with Crippen molar-refractivity contribution in [3.05, 3.63) is 37.2 Å². The van der Waals surface area contributed by atoms with E-state index in [1.54, 1.807) is 12.4 Å². The van der Waals surface area contributed by atoms with Crippen molar-refractivity contribution in [2.24, 2.45) is 0 Å². The van der Waals surface area contributed by atoms with Crippen molar-refractivity contribution in [3.63, 3.8) is 0 Å². The average Bonchev–Trinajstić information content (AvgIpc) is 2.73. The Morgan fingerprint density at radius 1 is 0.882 bits per heavy atom. The van der Waals surface area contributed by atoms with Crippen LogP contribution in [0.1, 0.15) is 0 Å². The highest BCUT2D eigenvalue weighted by molar-refractivity contribution is 6.07. The summed E-state index contributed by atoms with van der Waals surface area (Å²) >= 11 is 0. The number of nitrogens with zero attached hydrogens (tertiary/aromatic N) is 4. The van der Waals surface area contributed by atoms with Crippen LogP contribution < -0.4 is 0 Å². The first-order valence-electron chi connectivity index (χ1n) is 5.14. The first-order valence-corrected chi connectivity index (χ1v) is 5.14. The van der Waals surface area contributed by atoms with Gasteiger partial charge >= 0.3 is 0 Å². The fraction of sp³-hybridized carbons (Fsp3) is 0. The van der Waals surface area contributed by atoms with Crippen molar-refractivity contribution in [2.45, 2.75) is 0 Å². The Morgan fingerprint density at radius 2 is 1.76 bits per heavy atom. The zero-order chi connectivity index (χ0) is 11.2. The molecule has 0 fully saturated rings. The van der Waals surface area contributed by atoms with Crippen LogP contribution in [0.3, 0.4) is 0 Å². The lowest BCUT2D eigenvalue weighted by atomic mass is 10.1. The normalized spacial score (nSPS) is 11.5. The maximum Gasteiger partial charge on any atom is 0.230 e. The summed E-state index contributed by atoms with van der Waals surface area (Å²) in [6.07, 6.45) is 6.54. The van der Waals surface area contributed by atoms with Crippen molar-refractivity contribution in [3.8, 4) is 0 Å². The molecule has 3 heterocycles. The summed E-state index contributed by atoms with van der Waals surface area (Å²) in [5.41, 5.74) is 2.23. The molecule has 0 aliphatic carbocycles. The highest BCUT2D eigenvalue weighted by atomic mass is 16.3. The highest BCUT2D eigenvalue weighted by Crippen LogP contribution is 2.29. The zero-order valence-electron chi connectivity index (χ0n) is 8.66. The first-order chi connectivity index (χ1) is 8.42. The van der Waals surface area contributed by atoms with Gasteiger partial charge in [0.15, 0.2) is 0 Å². The van der Waals surface area contributed by atoms with Gasteiger partial charge in [-0.15, -0.1) is 0 Å². The number of rotatable bonds is 0. The lowest BCUT2D eigenvalue weighted by molar-refractivity contribution is 0.653. The van der Waals surface area contributed by atoms with Crippen LogP contribution in [-0.2, 0) is 0 Å². The van der Waals surface area contributed by atoms with Crippen LogP contribution in [0.4, 0.5) is 0 Å². The number of fused-ring (bicyclic) bond motifs is 4. The van der Waals surface area contributed by atoms with Gasteiger partial charge in [0, 0.05) is 29.2 Å². The third-order valence-electron chi connectivity index (χ3n) is 2.78. The zero-order valence-corrected chi connectivity index (χ0v) is 8.66. The van der Waals surface area contributed by atoms with Crippen molar-refractivity contribution >= 4 is 33.0 Å². The second-order valence-electron chi connectivity index (χ2n) is 3.77. The Labute approximate surface area is 95.1 Å². The lowest BCUT2D eigenvalue weighted by Crippen LogP contribution is -1.80. The molecule has 5 nitrogen and oxygen atoms in total. The maximum absolute atomic E-state index is 5.65. The molecule has 0 unspecified atom stereocenters. The Kier molecular flexibility index (Phi) is 1.50. The van der Waals surface area contributed by atoms with Crippen LogP contribution in [-0.4, -0.2) is 19.9 Å². The third-order valence-corrected chi connectivity index (χ3v) is 2.78. The fourth-order valence-corrected chi connectivity index (χ4v) is 1.99. The van der Waals surface area contributed by atoms with Gasteiger partial charge in [-0.2, -0.15) is 0 Å². The number of furan rings is 1. The van der Waals surface area contributed by atoms with Crippen LogP contribution in [0, 0.1) is 0 Å². The van der Waals surface area contributed by atoms with Gasteiger partial charge in [-0.25, -0.2) is 19.9 Å². The first kappa shape index (κ1) is 8.58. The molecule has 4 rings (SSSR count). The summed E-state index contributed by atoms with van der Waals surface area (Å²) in [7, 11) is 0. The smallest absolute Gasteiger partial charge is 0.230 e. The average molecular weight is 222 g/mol. The monoisotopic (exact) mass is 222 g/mol. The predicted molar refractivity (Wildman–Crippen MR) is 62.4 cm³/mol. The van der Waals surface area contributed by atoms with E-state index in [1.807, 2.05) is 12.1 Å². The molecule has 0 aliphatic heterocycles. The van der Waals surface area contributed by atoms with Gasteiger partial charge in [0.1, 0.15) is 18.2 Å². The molecule has 0 saturated carbocycles. The molecule has 4 aromatic rings. The standard InChI is InChI=1S/C12H6N4O/c1-7-3-13-5-15-10(7)2-11-8(1)9-4-14-6-16-12(9)17-11/h1-6H. The summed E-state index contributed by atoms with van der Waals surface area (Å²) in [4.78, 5) is 16.3. The van der Waals surface area contributed by atoms with Gasteiger partial charge in [-0.3, -0.25) is 0 Å². The second kappa shape index (κ2) is 2.98. The van der Waals surface area contributed by atoms with Gasteiger partial charge in [0.2, 0.25) is 5.71 Å². The maximum atomic E-state index is 5.65. The van der Waals surface area contributed by atoms with Crippen molar-refractivity contribution in [1.29, 1.82) is 0 Å². The molecule has 1 aromatic carbocycles. The Hall–Kier alpha value is -2.56. The molecule has 80 valence electrons. The largest absolute Gasteiger partial charge is 0.438 e. The van der Waals surface area contributed by atoms with Gasteiger partial charge in [0.05, 0.1) is 10.9 Å². The summed E-state index contributed by atoms with van der Waals surface area (Å²) < 4.78 is 5.65. The predicted octanol–water partition coefficient (Wildman–Crippen LogP) is 2.32. The van der Waals surface area contributed by atoms with Crippen LogP contribution in [0.25, 0.3) is 33.0 Å². The van der Waals surface area contributed by atoms with Crippen molar-refractivity contribution in [1.82, 2.24) is 19.9 Å². The summed E-state index contributed by atoms with van der Waals surface area (Å²) in [6.45, 7) is 0. The molecule has 0 atom stereocenters. The van der Waals surface area contributed by atoms with Crippen LogP contribution in [0.15, 0.2) is 41.6 Å². The number of hydrogen-bond acceptors (Lipinski definition) is 5. The molecule has 0 N–H and O–H groups in total. The molecule has 3 aromatic heterocycles. The minimum absolute atomic E-state index is 0.596. The van der Waals surface area contributed by atoms with Gasteiger partial charge in [-0.05, 0) is 6.07 Å². The van der Waals surface area contributed by atoms with E-state index in [4.69, 9.17) is 4.42 Å². The third kappa shape index (κ3) is 1.13. The van der Waals surface area contributed by atoms with Crippen molar-refractivity contribution in [2.75, 3.05) is 0 Å². The van der Waals surface area contributed by atoms with Crippen LogP contribution in [0.5, 0.6) is 0 Å². The van der Waals surface area contributed by atoms with Crippen molar-refractivity contribution < 1.29 is 4.42 Å². The van der Waals surface area contributed by atoms with E-state index in [1.165, 1.54) is 12.7 Å². The Bertz CT molecular complexity index is 847. The Morgan fingerprint density at radius 3 is 2.76 bits per heavy atom. The molecular formula is C12H6N4O. The fourth-order valence-electron chi connectivity index (χ4n) is 1.99. The molecule has 0 aliphatic rings. The molecule has 0 radical (unpaired) electrons. The van der Waals surface area contributed by atoms with E-state index in [0.29, 0.717) is 5.71 Å². The van der Waals surface area contributed by atoms with Gasteiger partial charge in [0.25, 0.3) is 0 Å². The van der Waals surface area contributed by atoms with E-state index in [9.17, 15) is 0 Å². The van der Waals surface area contributed by atoms with E-state index in [0.717, 1.165) is 27.3 Å². The lowest BCUT2D eigenvalue weighted by Gasteiger charge is -1.94. The number of hydrogen-bond donors (Lipinski definition) is 0. The van der Waals surface area contributed by atoms with Crippen LogP contribution >= 0.6 is 0 Å². The summed E-state index contributed by atoms with van der Waals surface area (Å²) in [5, 5.41) is 2.88. The SMILES string of the molecule is c1ncc2cc3c(cc2n1)oc1ncncc13. The molecule has 0 spiro atoms. The quantitative estimate of drug-likeness (QED) is 0.456. The van der Waals surface area contributed by atoms with Gasteiger partial charge < -0.3 is 4.42 Å². The molecule has 0 bridgehead atoms. The molecule has 17 heavy (non-hydrogen) atoms. The Balaban J connectivity index is 2.28. The molecule has 0 amide bonds. The van der Waals surface area contributed by atoms with E-state index >= 15 is 0 Å². The minimum atomic E-state index is 0.596. The molecule has 5 heteroatoms. The minimum Gasteiger partial charge on any atom is -0.438 e. The number of aromatic nitrogens is 4.